The number of anilines is 1. The Balaban J connectivity index is 1.46. The van der Waals surface area contributed by atoms with Gasteiger partial charge >= 0.3 is 6.09 Å². The van der Waals surface area contributed by atoms with Gasteiger partial charge in [0.25, 0.3) is 5.91 Å². The van der Waals surface area contributed by atoms with Gasteiger partial charge in [-0.25, -0.2) is 9.78 Å². The lowest BCUT2D eigenvalue weighted by Gasteiger charge is -2.46. The molecule has 44 heavy (non-hydrogen) atoms. The van der Waals surface area contributed by atoms with Crippen molar-refractivity contribution in [1.29, 1.82) is 0 Å². The summed E-state index contributed by atoms with van der Waals surface area (Å²) in [4.78, 5) is 33.4. The van der Waals surface area contributed by atoms with E-state index in [0.29, 0.717) is 31.7 Å². The van der Waals surface area contributed by atoms with Crippen LogP contribution in [0.25, 0.3) is 11.3 Å². The number of amides is 2. The van der Waals surface area contributed by atoms with E-state index in [1.807, 2.05) is 53.4 Å². The minimum absolute atomic E-state index is 0.00827. The topological polar surface area (TPSA) is 124 Å². The van der Waals surface area contributed by atoms with Crippen LogP contribution in [0.2, 0.25) is 0 Å². The van der Waals surface area contributed by atoms with Gasteiger partial charge in [0.1, 0.15) is 11.4 Å². The summed E-state index contributed by atoms with van der Waals surface area (Å²) in [5, 5.41) is 7.00. The number of primary amides is 1. The zero-order chi connectivity index (χ0) is 31.3. The molecular formula is C34H46N6O4. The first-order valence-corrected chi connectivity index (χ1v) is 15.8. The highest BCUT2D eigenvalue weighted by Gasteiger charge is 2.48. The summed E-state index contributed by atoms with van der Waals surface area (Å²) in [6, 6.07) is 15.7. The average Bonchev–Trinajstić information content (AvgIpc) is 3.47. The summed E-state index contributed by atoms with van der Waals surface area (Å²) in [6.07, 6.45) is 5.17. The van der Waals surface area contributed by atoms with Crippen LogP contribution >= 0.6 is 0 Å². The molecule has 0 spiro atoms. The highest BCUT2D eigenvalue weighted by molar-refractivity contribution is 5.98. The molecule has 1 aromatic heterocycles. The zero-order valence-corrected chi connectivity index (χ0v) is 26.3. The van der Waals surface area contributed by atoms with E-state index in [0.717, 1.165) is 60.5 Å². The molecular weight excluding hydrogens is 556 g/mol. The highest BCUT2D eigenvalue weighted by Crippen LogP contribution is 2.47. The Morgan fingerprint density at radius 2 is 1.98 bits per heavy atom. The zero-order valence-electron chi connectivity index (χ0n) is 26.3. The van der Waals surface area contributed by atoms with Gasteiger partial charge in [-0.05, 0) is 50.2 Å². The van der Waals surface area contributed by atoms with Crippen LogP contribution < -0.4 is 21.1 Å². The molecule has 2 aromatic carbocycles. The molecule has 1 aliphatic carbocycles. The molecule has 1 aliphatic heterocycles. The number of aryl methyl sites for hydroxylation is 1. The van der Waals surface area contributed by atoms with Crippen LogP contribution in [0.15, 0.2) is 54.9 Å². The number of imidazole rings is 1. The van der Waals surface area contributed by atoms with E-state index in [1.165, 1.54) is 0 Å². The fraction of sp³-hybridized carbons (Fsp3) is 0.500. The van der Waals surface area contributed by atoms with Gasteiger partial charge in [-0.15, -0.1) is 0 Å². The molecule has 2 fully saturated rings. The number of carbonyl (C=O) groups is 2. The number of hydrogen-bond acceptors (Lipinski definition) is 7. The number of carbonyl (C=O) groups excluding carboxylic acids is 2. The molecule has 2 aliphatic rings. The van der Waals surface area contributed by atoms with Gasteiger partial charge < -0.3 is 35.3 Å². The van der Waals surface area contributed by atoms with E-state index in [1.54, 1.807) is 13.4 Å². The number of aromatic nitrogens is 2. The average molecular weight is 603 g/mol. The standard InChI is InChI=1S/C34H46N6O4/c1-23(2)34(44-33(35)42)16-9-8-12-29(34)40-22-38-30(31(40)25-10-6-5-7-11-25)32(41)39-19-18-36-21-26(39)15-17-37-28-20-27(43-4)14-13-24(28)3/h5-7,10-11,13-14,20,22-23,26,29,36-37H,8-9,12,15-19,21H2,1-4H3,(H2,35,42)/t26-,29+,34+/m1/s1. The number of piperazine rings is 1. The minimum Gasteiger partial charge on any atom is -0.497 e. The Kier molecular flexibility index (Phi) is 9.78. The first kappa shape index (κ1) is 31.4. The minimum atomic E-state index is -0.796. The van der Waals surface area contributed by atoms with Crippen molar-refractivity contribution < 1.29 is 19.1 Å². The maximum atomic E-state index is 14.4. The molecule has 3 aromatic rings. The number of benzene rings is 2. The molecule has 4 N–H and O–H groups in total. The normalized spacial score (nSPS) is 22.1. The molecule has 1 saturated carbocycles. The maximum absolute atomic E-state index is 14.4. The van der Waals surface area contributed by atoms with Crippen molar-refractivity contribution in [2.24, 2.45) is 11.7 Å². The molecule has 5 rings (SSSR count). The van der Waals surface area contributed by atoms with Gasteiger partial charge in [0, 0.05) is 49.5 Å². The predicted molar refractivity (Wildman–Crippen MR) is 172 cm³/mol. The maximum Gasteiger partial charge on any atom is 0.405 e. The summed E-state index contributed by atoms with van der Waals surface area (Å²) in [6.45, 7) is 8.92. The number of rotatable bonds is 10. The second kappa shape index (κ2) is 13.7. The Bertz CT molecular complexity index is 1440. The van der Waals surface area contributed by atoms with E-state index >= 15 is 0 Å². The van der Waals surface area contributed by atoms with Gasteiger partial charge in [-0.2, -0.15) is 0 Å². The Labute approximate surface area is 260 Å². The Morgan fingerprint density at radius 3 is 2.70 bits per heavy atom. The molecule has 0 bridgehead atoms. The number of nitrogens with one attached hydrogen (secondary N) is 2. The molecule has 2 heterocycles. The third kappa shape index (κ3) is 6.40. The summed E-state index contributed by atoms with van der Waals surface area (Å²) < 4.78 is 13.5. The van der Waals surface area contributed by atoms with E-state index in [-0.39, 0.29) is 23.9 Å². The fourth-order valence-electron chi connectivity index (χ4n) is 6.97. The number of nitrogens with zero attached hydrogens (tertiary/aromatic N) is 3. The van der Waals surface area contributed by atoms with E-state index in [2.05, 4.69) is 36.0 Å². The van der Waals surface area contributed by atoms with Crippen molar-refractivity contribution in [2.45, 2.75) is 70.6 Å². The van der Waals surface area contributed by atoms with Crippen molar-refractivity contribution >= 4 is 17.7 Å². The van der Waals surface area contributed by atoms with Crippen LogP contribution in [0, 0.1) is 12.8 Å². The predicted octanol–water partition coefficient (Wildman–Crippen LogP) is 5.39. The van der Waals surface area contributed by atoms with Gasteiger partial charge in [0.05, 0.1) is 25.2 Å². The van der Waals surface area contributed by atoms with E-state index in [9.17, 15) is 9.59 Å². The largest absolute Gasteiger partial charge is 0.497 e. The summed E-state index contributed by atoms with van der Waals surface area (Å²) >= 11 is 0. The molecule has 10 heteroatoms. The van der Waals surface area contributed by atoms with Crippen LogP contribution in [0.1, 0.15) is 68.0 Å². The second-order valence-corrected chi connectivity index (χ2v) is 12.3. The van der Waals surface area contributed by atoms with Crippen LogP contribution in [0.3, 0.4) is 0 Å². The molecule has 0 radical (unpaired) electrons. The van der Waals surface area contributed by atoms with Crippen LogP contribution in [-0.2, 0) is 4.74 Å². The third-order valence-corrected chi connectivity index (χ3v) is 9.36. The summed E-state index contributed by atoms with van der Waals surface area (Å²) in [5.74, 6) is 0.733. The Hall–Kier alpha value is -4.05. The van der Waals surface area contributed by atoms with Crippen molar-refractivity contribution in [1.82, 2.24) is 19.8 Å². The first-order valence-electron chi connectivity index (χ1n) is 15.8. The third-order valence-electron chi connectivity index (χ3n) is 9.36. The van der Waals surface area contributed by atoms with E-state index in [4.69, 9.17) is 20.2 Å². The number of ether oxygens (including phenoxy) is 2. The van der Waals surface area contributed by atoms with Gasteiger partial charge in [0.15, 0.2) is 5.69 Å². The van der Waals surface area contributed by atoms with E-state index < -0.39 is 11.7 Å². The van der Waals surface area contributed by atoms with Crippen molar-refractivity contribution in [3.8, 4) is 17.0 Å². The molecule has 10 nitrogen and oxygen atoms in total. The van der Waals surface area contributed by atoms with Crippen molar-refractivity contribution in [2.75, 3.05) is 38.6 Å². The molecule has 236 valence electrons. The van der Waals surface area contributed by atoms with Gasteiger partial charge in [0.2, 0.25) is 0 Å². The molecule has 0 unspecified atom stereocenters. The van der Waals surface area contributed by atoms with Crippen molar-refractivity contribution in [3.63, 3.8) is 0 Å². The summed E-state index contributed by atoms with van der Waals surface area (Å²) in [5.41, 5.74) is 9.08. The lowest BCUT2D eigenvalue weighted by atomic mass is 9.73. The number of hydrogen-bond donors (Lipinski definition) is 3. The van der Waals surface area contributed by atoms with Crippen LogP contribution in [-0.4, -0.2) is 71.4 Å². The lowest BCUT2D eigenvalue weighted by molar-refractivity contribution is -0.0826. The number of methoxy groups -OCH3 is 1. The monoisotopic (exact) mass is 602 g/mol. The van der Waals surface area contributed by atoms with Crippen LogP contribution in [0.5, 0.6) is 5.75 Å². The number of nitrogens with two attached hydrogens (primary N) is 1. The molecule has 1 saturated heterocycles. The molecule has 3 atom stereocenters. The fourth-order valence-corrected chi connectivity index (χ4v) is 6.97. The first-order chi connectivity index (χ1) is 21.2. The Morgan fingerprint density at radius 1 is 1.18 bits per heavy atom. The highest BCUT2D eigenvalue weighted by atomic mass is 16.6. The molecule has 2 amide bonds. The SMILES string of the molecule is COc1ccc(C)c(NCC[C@@H]2CNCCN2C(=O)c2ncn([C@H]3CCCC[C@]3(OC(N)=O)C(C)C)c2-c2ccccc2)c1. The lowest BCUT2D eigenvalue weighted by Crippen LogP contribution is -2.54. The van der Waals surface area contributed by atoms with Gasteiger partial charge in [-0.3, -0.25) is 4.79 Å². The second-order valence-electron chi connectivity index (χ2n) is 12.3. The van der Waals surface area contributed by atoms with Crippen molar-refractivity contribution in [3.05, 3.63) is 66.1 Å². The smallest absolute Gasteiger partial charge is 0.405 e. The quantitative estimate of drug-likeness (QED) is 0.284. The van der Waals surface area contributed by atoms with Gasteiger partial charge in [-0.1, -0.05) is 56.7 Å². The summed E-state index contributed by atoms with van der Waals surface area (Å²) in [7, 11) is 1.67. The van der Waals surface area contributed by atoms with Crippen LogP contribution in [0.4, 0.5) is 10.5 Å².